The standard InChI is InChI=1S/C24H23N3O3.ClH/c1-16-25-21-14-23(29-3)22(28-2)13-20(21)24(26-16)27-18-9-11-19(12-10-18)30-15-17-7-5-4-6-8-17;/h4-14H,15H2,1-3H3,(H,25,26,27);1H. The summed E-state index contributed by atoms with van der Waals surface area (Å²) in [6.45, 7) is 2.40. The molecule has 1 aromatic heterocycles. The smallest absolute Gasteiger partial charge is 0.162 e. The highest BCUT2D eigenvalue weighted by atomic mass is 35.5. The Hall–Kier alpha value is -3.51. The summed E-state index contributed by atoms with van der Waals surface area (Å²) in [4.78, 5) is 9.10. The van der Waals surface area contributed by atoms with Crippen molar-refractivity contribution in [2.45, 2.75) is 13.5 Å². The van der Waals surface area contributed by atoms with Crippen LogP contribution in [0.4, 0.5) is 11.5 Å². The number of fused-ring (bicyclic) bond motifs is 1. The van der Waals surface area contributed by atoms with Crippen molar-refractivity contribution in [2.75, 3.05) is 19.5 Å². The van der Waals surface area contributed by atoms with Crippen molar-refractivity contribution in [3.05, 3.63) is 78.1 Å². The Balaban J connectivity index is 0.00000272. The third kappa shape index (κ3) is 5.16. The Bertz CT molecular complexity index is 1150. The number of halogens is 1. The van der Waals surface area contributed by atoms with Gasteiger partial charge >= 0.3 is 0 Å². The third-order valence-corrected chi connectivity index (χ3v) is 4.68. The van der Waals surface area contributed by atoms with E-state index in [0.717, 1.165) is 27.9 Å². The molecule has 4 aromatic rings. The zero-order valence-corrected chi connectivity index (χ0v) is 18.4. The number of ether oxygens (including phenoxy) is 3. The van der Waals surface area contributed by atoms with Gasteiger partial charge in [0.2, 0.25) is 0 Å². The van der Waals surface area contributed by atoms with Crippen LogP contribution in [0.3, 0.4) is 0 Å². The Morgan fingerprint density at radius 1 is 0.839 bits per heavy atom. The van der Waals surface area contributed by atoms with Crippen molar-refractivity contribution in [3.63, 3.8) is 0 Å². The Morgan fingerprint density at radius 3 is 2.19 bits per heavy atom. The zero-order valence-electron chi connectivity index (χ0n) is 17.6. The number of hydrogen-bond acceptors (Lipinski definition) is 6. The van der Waals surface area contributed by atoms with Gasteiger partial charge in [-0.3, -0.25) is 0 Å². The van der Waals surface area contributed by atoms with E-state index >= 15 is 0 Å². The molecular formula is C24H24ClN3O3. The summed E-state index contributed by atoms with van der Waals surface area (Å²) < 4.78 is 16.7. The molecule has 1 heterocycles. The summed E-state index contributed by atoms with van der Waals surface area (Å²) in [6.07, 6.45) is 0. The topological polar surface area (TPSA) is 65.5 Å². The molecular weight excluding hydrogens is 414 g/mol. The van der Waals surface area contributed by atoms with Gasteiger partial charge < -0.3 is 19.5 Å². The van der Waals surface area contributed by atoms with Crippen molar-refractivity contribution in [1.82, 2.24) is 9.97 Å². The first-order valence-corrected chi connectivity index (χ1v) is 9.60. The average Bonchev–Trinajstić information content (AvgIpc) is 2.78. The number of methoxy groups -OCH3 is 2. The second kappa shape index (κ2) is 10.00. The quantitative estimate of drug-likeness (QED) is 0.400. The molecule has 4 rings (SSSR count). The molecule has 0 bridgehead atoms. The van der Waals surface area contributed by atoms with Crippen LogP contribution < -0.4 is 19.5 Å². The van der Waals surface area contributed by atoms with E-state index in [2.05, 4.69) is 15.3 Å². The zero-order chi connectivity index (χ0) is 20.9. The number of nitrogens with one attached hydrogen (secondary N) is 1. The molecule has 0 aliphatic carbocycles. The van der Waals surface area contributed by atoms with E-state index in [1.807, 2.05) is 73.7 Å². The number of hydrogen-bond donors (Lipinski definition) is 1. The Kier molecular flexibility index (Phi) is 7.15. The van der Waals surface area contributed by atoms with Gasteiger partial charge in [0.05, 0.1) is 19.7 Å². The summed E-state index contributed by atoms with van der Waals surface area (Å²) in [5.74, 6) is 3.44. The molecule has 7 heteroatoms. The lowest BCUT2D eigenvalue weighted by atomic mass is 10.2. The predicted octanol–water partition coefficient (Wildman–Crippen LogP) is 5.70. The SMILES string of the molecule is COc1cc2nc(C)nc(Nc3ccc(OCc4ccccc4)cc3)c2cc1OC.Cl. The molecule has 3 aromatic carbocycles. The summed E-state index contributed by atoms with van der Waals surface area (Å²) in [7, 11) is 3.22. The van der Waals surface area contributed by atoms with E-state index in [0.29, 0.717) is 29.7 Å². The van der Waals surface area contributed by atoms with Gasteiger partial charge in [-0.2, -0.15) is 0 Å². The number of rotatable bonds is 7. The van der Waals surface area contributed by atoms with Crippen molar-refractivity contribution in [3.8, 4) is 17.2 Å². The number of aromatic nitrogens is 2. The molecule has 0 aliphatic rings. The minimum atomic E-state index is 0. The van der Waals surface area contributed by atoms with E-state index in [4.69, 9.17) is 14.2 Å². The van der Waals surface area contributed by atoms with Gasteiger partial charge in [0.15, 0.2) is 11.5 Å². The van der Waals surface area contributed by atoms with E-state index < -0.39 is 0 Å². The molecule has 0 amide bonds. The van der Waals surface area contributed by atoms with Crippen LogP contribution in [0.1, 0.15) is 11.4 Å². The summed E-state index contributed by atoms with van der Waals surface area (Å²) in [5.41, 5.74) is 2.81. The first-order valence-electron chi connectivity index (χ1n) is 9.60. The van der Waals surface area contributed by atoms with Gasteiger partial charge in [-0.1, -0.05) is 30.3 Å². The van der Waals surface area contributed by atoms with Crippen molar-refractivity contribution in [2.24, 2.45) is 0 Å². The maximum absolute atomic E-state index is 5.86. The highest BCUT2D eigenvalue weighted by Gasteiger charge is 2.12. The van der Waals surface area contributed by atoms with Crippen LogP contribution in [-0.2, 0) is 6.61 Å². The Morgan fingerprint density at radius 2 is 1.52 bits per heavy atom. The maximum Gasteiger partial charge on any atom is 0.162 e. The van der Waals surface area contributed by atoms with Crippen LogP contribution in [0.5, 0.6) is 17.2 Å². The molecule has 0 aliphatic heterocycles. The van der Waals surface area contributed by atoms with Gasteiger partial charge in [0.25, 0.3) is 0 Å². The first kappa shape index (κ1) is 22.2. The van der Waals surface area contributed by atoms with Crippen molar-refractivity contribution >= 4 is 34.8 Å². The first-order chi connectivity index (χ1) is 14.7. The van der Waals surface area contributed by atoms with Crippen LogP contribution in [-0.4, -0.2) is 24.2 Å². The van der Waals surface area contributed by atoms with Crippen LogP contribution in [0.2, 0.25) is 0 Å². The fraction of sp³-hybridized carbons (Fsp3) is 0.167. The molecule has 0 saturated carbocycles. The molecule has 0 unspecified atom stereocenters. The van der Waals surface area contributed by atoms with Gasteiger partial charge in [0, 0.05) is 17.1 Å². The van der Waals surface area contributed by atoms with Gasteiger partial charge in [-0.15, -0.1) is 12.4 Å². The monoisotopic (exact) mass is 437 g/mol. The summed E-state index contributed by atoms with van der Waals surface area (Å²) in [6, 6.07) is 21.6. The predicted molar refractivity (Wildman–Crippen MR) is 125 cm³/mol. The molecule has 160 valence electrons. The van der Waals surface area contributed by atoms with Crippen LogP contribution in [0.15, 0.2) is 66.7 Å². The van der Waals surface area contributed by atoms with Crippen molar-refractivity contribution < 1.29 is 14.2 Å². The van der Waals surface area contributed by atoms with Crippen LogP contribution >= 0.6 is 12.4 Å². The minimum absolute atomic E-state index is 0. The van der Waals surface area contributed by atoms with E-state index in [9.17, 15) is 0 Å². The number of benzene rings is 3. The highest BCUT2D eigenvalue weighted by Crippen LogP contribution is 2.35. The number of nitrogens with zero attached hydrogens (tertiary/aromatic N) is 2. The van der Waals surface area contributed by atoms with Gasteiger partial charge in [-0.25, -0.2) is 9.97 Å². The average molecular weight is 438 g/mol. The van der Waals surface area contributed by atoms with Gasteiger partial charge in [-0.05, 0) is 42.8 Å². The normalized spacial score (nSPS) is 10.3. The minimum Gasteiger partial charge on any atom is -0.493 e. The molecule has 0 saturated heterocycles. The van der Waals surface area contributed by atoms with E-state index in [1.165, 1.54) is 0 Å². The number of anilines is 2. The van der Waals surface area contributed by atoms with Crippen molar-refractivity contribution in [1.29, 1.82) is 0 Å². The second-order valence-electron chi connectivity index (χ2n) is 6.77. The summed E-state index contributed by atoms with van der Waals surface area (Å²) >= 11 is 0. The molecule has 6 nitrogen and oxygen atoms in total. The fourth-order valence-electron chi connectivity index (χ4n) is 3.18. The molecule has 0 radical (unpaired) electrons. The molecule has 1 N–H and O–H groups in total. The van der Waals surface area contributed by atoms with E-state index in [-0.39, 0.29) is 12.4 Å². The molecule has 0 fully saturated rings. The highest BCUT2D eigenvalue weighted by molar-refractivity contribution is 5.93. The molecule has 0 atom stereocenters. The lowest BCUT2D eigenvalue weighted by Crippen LogP contribution is -2.00. The second-order valence-corrected chi connectivity index (χ2v) is 6.77. The third-order valence-electron chi connectivity index (χ3n) is 4.68. The summed E-state index contributed by atoms with van der Waals surface area (Å²) in [5, 5.41) is 4.22. The van der Waals surface area contributed by atoms with Crippen LogP contribution in [0, 0.1) is 6.92 Å². The molecule has 31 heavy (non-hydrogen) atoms. The number of aryl methyl sites for hydroxylation is 1. The van der Waals surface area contributed by atoms with Crippen LogP contribution in [0.25, 0.3) is 10.9 Å². The fourth-order valence-corrected chi connectivity index (χ4v) is 3.18. The molecule has 0 spiro atoms. The van der Waals surface area contributed by atoms with E-state index in [1.54, 1.807) is 14.2 Å². The lowest BCUT2D eigenvalue weighted by molar-refractivity contribution is 0.306. The Labute approximate surface area is 187 Å². The maximum atomic E-state index is 5.86. The van der Waals surface area contributed by atoms with Gasteiger partial charge in [0.1, 0.15) is 24.0 Å². The lowest BCUT2D eigenvalue weighted by Gasteiger charge is -2.13. The largest absolute Gasteiger partial charge is 0.493 e.